The van der Waals surface area contributed by atoms with Gasteiger partial charge in [0.15, 0.2) is 0 Å². The molecule has 0 aliphatic carbocycles. The highest BCUT2D eigenvalue weighted by molar-refractivity contribution is 5.95. The number of hydrogen-bond donors (Lipinski definition) is 2. The number of hydrogen-bond acceptors (Lipinski definition) is 4. The van der Waals surface area contributed by atoms with Crippen LogP contribution in [0.5, 0.6) is 5.75 Å². The Morgan fingerprint density at radius 1 is 1.26 bits per heavy atom. The first-order valence-corrected chi connectivity index (χ1v) is 7.87. The Kier molecular flexibility index (Phi) is 4.88. The molecule has 0 radical (unpaired) electrons. The molecule has 1 aromatic carbocycles. The largest absolute Gasteiger partial charge is 0.497 e. The molecule has 5 heteroatoms. The van der Waals surface area contributed by atoms with Crippen molar-refractivity contribution >= 4 is 5.91 Å². The minimum Gasteiger partial charge on any atom is -0.497 e. The van der Waals surface area contributed by atoms with Gasteiger partial charge >= 0.3 is 0 Å². The van der Waals surface area contributed by atoms with Crippen LogP contribution in [-0.2, 0) is 0 Å². The third kappa shape index (κ3) is 3.87. The van der Waals surface area contributed by atoms with Gasteiger partial charge in [-0.05, 0) is 43.1 Å². The summed E-state index contributed by atoms with van der Waals surface area (Å²) in [5.41, 5.74) is 2.51. The Balaban J connectivity index is 1.74. The van der Waals surface area contributed by atoms with Gasteiger partial charge in [0.1, 0.15) is 5.75 Å². The van der Waals surface area contributed by atoms with Gasteiger partial charge in [0.05, 0.1) is 12.7 Å². The van der Waals surface area contributed by atoms with E-state index in [0.29, 0.717) is 5.56 Å². The number of pyridine rings is 1. The van der Waals surface area contributed by atoms with E-state index >= 15 is 0 Å². The van der Waals surface area contributed by atoms with E-state index in [9.17, 15) is 4.79 Å². The Morgan fingerprint density at radius 3 is 2.78 bits per heavy atom. The SMILES string of the molecule is COc1ccc(-c2cncc(C(=O)NC3CCCNC3)c2)cc1. The van der Waals surface area contributed by atoms with Crippen LogP contribution in [0.25, 0.3) is 11.1 Å². The van der Waals surface area contributed by atoms with Gasteiger partial charge in [-0.1, -0.05) is 12.1 Å². The molecule has 1 saturated heterocycles. The summed E-state index contributed by atoms with van der Waals surface area (Å²) in [5.74, 6) is 0.738. The zero-order valence-corrected chi connectivity index (χ0v) is 13.2. The first-order chi connectivity index (χ1) is 11.3. The molecule has 1 atom stereocenters. The van der Waals surface area contributed by atoms with Crippen molar-refractivity contribution in [3.8, 4) is 16.9 Å². The Hall–Kier alpha value is -2.40. The maximum absolute atomic E-state index is 12.4. The van der Waals surface area contributed by atoms with Crippen LogP contribution < -0.4 is 15.4 Å². The highest BCUT2D eigenvalue weighted by Crippen LogP contribution is 2.22. The Labute approximate surface area is 136 Å². The fraction of sp³-hybridized carbons (Fsp3) is 0.333. The molecule has 2 aromatic rings. The van der Waals surface area contributed by atoms with Crippen LogP contribution in [0.1, 0.15) is 23.2 Å². The molecule has 1 amide bonds. The zero-order valence-electron chi connectivity index (χ0n) is 13.2. The summed E-state index contributed by atoms with van der Waals surface area (Å²) in [7, 11) is 1.64. The second kappa shape index (κ2) is 7.24. The van der Waals surface area contributed by atoms with Gasteiger partial charge in [0.2, 0.25) is 0 Å². The average molecular weight is 311 g/mol. The van der Waals surface area contributed by atoms with Crippen molar-refractivity contribution in [3.63, 3.8) is 0 Å². The van der Waals surface area contributed by atoms with Crippen LogP contribution in [0.2, 0.25) is 0 Å². The van der Waals surface area contributed by atoms with Crippen molar-refractivity contribution in [1.82, 2.24) is 15.6 Å². The molecule has 1 fully saturated rings. The summed E-state index contributed by atoms with van der Waals surface area (Å²) in [5, 5.41) is 6.37. The number of nitrogens with zero attached hydrogens (tertiary/aromatic N) is 1. The molecule has 23 heavy (non-hydrogen) atoms. The smallest absolute Gasteiger partial charge is 0.253 e. The first-order valence-electron chi connectivity index (χ1n) is 7.87. The van der Waals surface area contributed by atoms with Gasteiger partial charge in [-0.2, -0.15) is 0 Å². The maximum Gasteiger partial charge on any atom is 0.253 e. The lowest BCUT2D eigenvalue weighted by molar-refractivity contribution is 0.0930. The molecule has 0 spiro atoms. The highest BCUT2D eigenvalue weighted by Gasteiger charge is 2.16. The number of rotatable bonds is 4. The summed E-state index contributed by atoms with van der Waals surface area (Å²) < 4.78 is 5.17. The van der Waals surface area contributed by atoms with Gasteiger partial charge in [-0.15, -0.1) is 0 Å². The van der Waals surface area contributed by atoms with E-state index in [0.717, 1.165) is 42.8 Å². The van der Waals surface area contributed by atoms with Crippen molar-refractivity contribution in [2.75, 3.05) is 20.2 Å². The molecular weight excluding hydrogens is 290 g/mol. The van der Waals surface area contributed by atoms with E-state index < -0.39 is 0 Å². The molecular formula is C18H21N3O2. The maximum atomic E-state index is 12.4. The third-order valence-corrected chi connectivity index (χ3v) is 4.06. The predicted octanol–water partition coefficient (Wildman–Crippen LogP) is 2.24. The number of carbonyl (C=O) groups is 1. The van der Waals surface area contributed by atoms with Crippen molar-refractivity contribution in [1.29, 1.82) is 0 Å². The van der Waals surface area contributed by atoms with Crippen molar-refractivity contribution in [2.24, 2.45) is 0 Å². The normalized spacial score (nSPS) is 17.5. The van der Waals surface area contributed by atoms with E-state index in [-0.39, 0.29) is 11.9 Å². The molecule has 2 N–H and O–H groups in total. The molecule has 1 aliphatic rings. The number of benzene rings is 1. The number of piperidine rings is 1. The van der Waals surface area contributed by atoms with Crippen LogP contribution in [0.4, 0.5) is 0 Å². The van der Waals surface area contributed by atoms with Crippen LogP contribution in [-0.4, -0.2) is 37.1 Å². The lowest BCUT2D eigenvalue weighted by Gasteiger charge is -2.23. The lowest BCUT2D eigenvalue weighted by atomic mass is 10.0. The minimum absolute atomic E-state index is 0.0680. The van der Waals surface area contributed by atoms with Crippen molar-refractivity contribution in [2.45, 2.75) is 18.9 Å². The molecule has 1 unspecified atom stereocenters. The number of carbonyl (C=O) groups excluding carboxylic acids is 1. The summed E-state index contributed by atoms with van der Waals surface area (Å²) in [6.45, 7) is 1.86. The number of aromatic nitrogens is 1. The lowest BCUT2D eigenvalue weighted by Crippen LogP contribution is -2.45. The fourth-order valence-electron chi connectivity index (χ4n) is 2.75. The third-order valence-electron chi connectivity index (χ3n) is 4.06. The molecule has 0 saturated carbocycles. The second-order valence-electron chi connectivity index (χ2n) is 5.71. The highest BCUT2D eigenvalue weighted by atomic mass is 16.5. The summed E-state index contributed by atoms with van der Waals surface area (Å²) >= 11 is 0. The van der Waals surface area contributed by atoms with E-state index in [1.54, 1.807) is 19.5 Å². The van der Waals surface area contributed by atoms with Gasteiger partial charge in [0, 0.05) is 30.5 Å². The number of nitrogens with one attached hydrogen (secondary N) is 2. The van der Waals surface area contributed by atoms with E-state index in [1.165, 1.54) is 0 Å². The molecule has 1 aromatic heterocycles. The summed E-state index contributed by atoms with van der Waals surface area (Å²) in [4.78, 5) is 16.6. The van der Waals surface area contributed by atoms with Gasteiger partial charge in [0.25, 0.3) is 5.91 Å². The monoisotopic (exact) mass is 311 g/mol. The van der Waals surface area contributed by atoms with Crippen LogP contribution >= 0.6 is 0 Å². The van der Waals surface area contributed by atoms with Gasteiger partial charge in [-0.25, -0.2) is 0 Å². The Morgan fingerprint density at radius 2 is 2.09 bits per heavy atom. The topological polar surface area (TPSA) is 63.2 Å². The molecule has 0 bridgehead atoms. The number of methoxy groups -OCH3 is 1. The van der Waals surface area contributed by atoms with Crippen LogP contribution in [0.15, 0.2) is 42.7 Å². The van der Waals surface area contributed by atoms with E-state index in [2.05, 4.69) is 15.6 Å². The average Bonchev–Trinajstić information content (AvgIpc) is 2.63. The number of ether oxygens (including phenoxy) is 1. The van der Waals surface area contributed by atoms with Crippen LogP contribution in [0.3, 0.4) is 0 Å². The van der Waals surface area contributed by atoms with E-state index in [4.69, 9.17) is 4.74 Å². The molecule has 3 rings (SSSR count). The molecule has 2 heterocycles. The summed E-state index contributed by atoms with van der Waals surface area (Å²) in [6.07, 6.45) is 5.48. The van der Waals surface area contributed by atoms with Gasteiger partial charge < -0.3 is 15.4 Å². The second-order valence-corrected chi connectivity index (χ2v) is 5.71. The summed E-state index contributed by atoms with van der Waals surface area (Å²) in [6, 6.07) is 9.79. The molecule has 5 nitrogen and oxygen atoms in total. The van der Waals surface area contributed by atoms with Crippen molar-refractivity contribution < 1.29 is 9.53 Å². The minimum atomic E-state index is -0.0680. The fourth-order valence-corrected chi connectivity index (χ4v) is 2.75. The van der Waals surface area contributed by atoms with Crippen molar-refractivity contribution in [3.05, 3.63) is 48.3 Å². The zero-order chi connectivity index (χ0) is 16.1. The number of amides is 1. The first kappa shape index (κ1) is 15.5. The molecule has 120 valence electrons. The Bertz CT molecular complexity index is 664. The molecule has 1 aliphatic heterocycles. The van der Waals surface area contributed by atoms with Crippen LogP contribution in [0, 0.1) is 0 Å². The quantitative estimate of drug-likeness (QED) is 0.909. The predicted molar refractivity (Wildman–Crippen MR) is 89.6 cm³/mol. The van der Waals surface area contributed by atoms with Gasteiger partial charge in [-0.3, -0.25) is 9.78 Å². The van der Waals surface area contributed by atoms with E-state index in [1.807, 2.05) is 30.3 Å². The standard InChI is InChI=1S/C18H21N3O2/c1-23-17-6-4-13(5-7-17)14-9-15(11-20-10-14)18(22)21-16-3-2-8-19-12-16/h4-7,9-11,16,19H,2-3,8,12H2,1H3,(H,21,22).